The first-order valence-corrected chi connectivity index (χ1v) is 6.77. The van der Waals surface area contributed by atoms with Crippen molar-refractivity contribution in [2.75, 3.05) is 11.9 Å². The van der Waals surface area contributed by atoms with Gasteiger partial charge in [-0.1, -0.05) is 25.1 Å². The fourth-order valence-corrected chi connectivity index (χ4v) is 1.81. The molecule has 0 spiro atoms. The second-order valence-corrected chi connectivity index (χ2v) is 4.28. The molecule has 0 aliphatic heterocycles. The molecule has 0 aliphatic rings. The summed E-state index contributed by atoms with van der Waals surface area (Å²) >= 11 is 0. The first-order valence-electron chi connectivity index (χ1n) is 6.77. The number of aromatic nitrogens is 2. The molecule has 0 bridgehead atoms. The summed E-state index contributed by atoms with van der Waals surface area (Å²) < 4.78 is 6.50. The molecule has 1 heterocycles. The molecule has 1 amide bonds. The lowest BCUT2D eigenvalue weighted by Crippen LogP contribution is -2.17. The van der Waals surface area contributed by atoms with Gasteiger partial charge in [0.05, 0.1) is 18.5 Å². The maximum Gasteiger partial charge on any atom is 0.343 e. The van der Waals surface area contributed by atoms with Gasteiger partial charge in [0.2, 0.25) is 5.91 Å². The van der Waals surface area contributed by atoms with Crippen molar-refractivity contribution in [3.63, 3.8) is 0 Å². The Morgan fingerprint density at radius 3 is 2.57 bits per heavy atom. The molecule has 0 radical (unpaired) electrons. The number of rotatable bonds is 5. The molecule has 0 aliphatic carbocycles. The van der Waals surface area contributed by atoms with Crippen molar-refractivity contribution < 1.29 is 14.3 Å². The molecule has 2 rings (SSSR count). The number of hydrogen-bond acceptors (Lipinski definition) is 4. The molecular weight excluding hydrogens is 270 g/mol. The van der Waals surface area contributed by atoms with Crippen molar-refractivity contribution in [2.24, 2.45) is 0 Å². The summed E-state index contributed by atoms with van der Waals surface area (Å²) in [5, 5.41) is 6.89. The van der Waals surface area contributed by atoms with Crippen LogP contribution in [0.5, 0.6) is 0 Å². The standard InChI is InChI=1S/C15H17N3O3/c1-3-13(19)17-14-12(15(20)21-4-2)10-16-18(14)11-8-6-5-7-9-11/h5-10H,3-4H2,1-2H3,(H,17,19). The van der Waals surface area contributed by atoms with E-state index in [2.05, 4.69) is 10.4 Å². The number of nitrogens with zero attached hydrogens (tertiary/aromatic N) is 2. The van der Waals surface area contributed by atoms with Crippen LogP contribution in [0.1, 0.15) is 30.6 Å². The highest BCUT2D eigenvalue weighted by molar-refractivity contribution is 6.00. The van der Waals surface area contributed by atoms with E-state index in [1.807, 2.05) is 30.3 Å². The van der Waals surface area contributed by atoms with Gasteiger partial charge < -0.3 is 10.1 Å². The molecule has 21 heavy (non-hydrogen) atoms. The van der Waals surface area contributed by atoms with Crippen LogP contribution in [0.2, 0.25) is 0 Å². The molecule has 0 unspecified atom stereocenters. The van der Waals surface area contributed by atoms with Crippen LogP contribution in [0.4, 0.5) is 5.82 Å². The van der Waals surface area contributed by atoms with Crippen LogP contribution in [0.3, 0.4) is 0 Å². The van der Waals surface area contributed by atoms with E-state index in [0.717, 1.165) is 5.69 Å². The molecule has 0 saturated heterocycles. The minimum Gasteiger partial charge on any atom is -0.462 e. The Morgan fingerprint density at radius 1 is 1.24 bits per heavy atom. The molecule has 6 nitrogen and oxygen atoms in total. The second-order valence-electron chi connectivity index (χ2n) is 4.28. The van der Waals surface area contributed by atoms with Gasteiger partial charge >= 0.3 is 5.97 Å². The van der Waals surface area contributed by atoms with Gasteiger partial charge in [-0.3, -0.25) is 4.79 Å². The van der Waals surface area contributed by atoms with Crippen LogP contribution in [0, 0.1) is 0 Å². The number of ether oxygens (including phenoxy) is 1. The zero-order chi connectivity index (χ0) is 15.2. The predicted octanol–water partition coefficient (Wildman–Crippen LogP) is 2.40. The summed E-state index contributed by atoms with van der Waals surface area (Å²) in [5.74, 6) is -0.379. The van der Waals surface area contributed by atoms with Crippen molar-refractivity contribution in [3.8, 4) is 5.69 Å². The molecule has 1 aromatic carbocycles. The Bertz CT molecular complexity index is 635. The molecule has 110 valence electrons. The summed E-state index contributed by atoms with van der Waals surface area (Å²) in [6.45, 7) is 3.73. The van der Waals surface area contributed by atoms with E-state index in [4.69, 9.17) is 4.74 Å². The van der Waals surface area contributed by atoms with Crippen LogP contribution in [0.15, 0.2) is 36.5 Å². The number of hydrogen-bond donors (Lipinski definition) is 1. The van der Waals surface area contributed by atoms with Crippen LogP contribution in [-0.2, 0) is 9.53 Å². The molecule has 0 saturated carbocycles. The van der Waals surface area contributed by atoms with Gasteiger partial charge in [-0.25, -0.2) is 9.48 Å². The number of benzene rings is 1. The second kappa shape index (κ2) is 6.69. The van der Waals surface area contributed by atoms with Crippen molar-refractivity contribution in [1.29, 1.82) is 0 Å². The Hall–Kier alpha value is -2.63. The lowest BCUT2D eigenvalue weighted by molar-refractivity contribution is -0.115. The van der Waals surface area contributed by atoms with Gasteiger partial charge in [-0.05, 0) is 19.1 Å². The van der Waals surface area contributed by atoms with E-state index in [1.54, 1.807) is 13.8 Å². The van der Waals surface area contributed by atoms with E-state index in [9.17, 15) is 9.59 Å². The number of anilines is 1. The number of para-hydroxylation sites is 1. The van der Waals surface area contributed by atoms with E-state index in [1.165, 1.54) is 10.9 Å². The zero-order valence-corrected chi connectivity index (χ0v) is 12.0. The van der Waals surface area contributed by atoms with Crippen LogP contribution in [0.25, 0.3) is 5.69 Å². The predicted molar refractivity (Wildman–Crippen MR) is 78.4 cm³/mol. The maximum atomic E-state index is 12.0. The SMILES string of the molecule is CCOC(=O)c1cnn(-c2ccccc2)c1NC(=O)CC. The van der Waals surface area contributed by atoms with Crippen molar-refractivity contribution in [3.05, 3.63) is 42.1 Å². The third-order valence-corrected chi connectivity index (χ3v) is 2.84. The van der Waals surface area contributed by atoms with Crippen LogP contribution in [-0.4, -0.2) is 28.3 Å². The lowest BCUT2D eigenvalue weighted by Gasteiger charge is -2.10. The number of nitrogens with one attached hydrogen (secondary N) is 1. The highest BCUT2D eigenvalue weighted by Crippen LogP contribution is 2.21. The Morgan fingerprint density at radius 2 is 1.95 bits per heavy atom. The van der Waals surface area contributed by atoms with Gasteiger partial charge in [-0.2, -0.15) is 5.10 Å². The Balaban J connectivity index is 2.46. The summed E-state index contributed by atoms with van der Waals surface area (Å²) in [7, 11) is 0. The van der Waals surface area contributed by atoms with Gasteiger partial charge in [0, 0.05) is 6.42 Å². The zero-order valence-electron chi connectivity index (χ0n) is 12.0. The van der Waals surface area contributed by atoms with Crippen molar-refractivity contribution >= 4 is 17.7 Å². The maximum absolute atomic E-state index is 12.0. The Kier molecular flexibility index (Phi) is 4.71. The molecule has 2 aromatic rings. The average Bonchev–Trinajstić information content (AvgIpc) is 2.92. The van der Waals surface area contributed by atoms with Gasteiger partial charge in [0.15, 0.2) is 5.82 Å². The summed E-state index contributed by atoms with van der Waals surface area (Å²) in [6.07, 6.45) is 1.71. The molecule has 0 fully saturated rings. The Labute approximate surface area is 122 Å². The molecule has 6 heteroatoms. The van der Waals surface area contributed by atoms with Gasteiger partial charge in [0.1, 0.15) is 5.56 Å². The number of carbonyl (C=O) groups is 2. The smallest absolute Gasteiger partial charge is 0.343 e. The quantitative estimate of drug-likeness (QED) is 0.857. The first kappa shape index (κ1) is 14.8. The topological polar surface area (TPSA) is 73.2 Å². The van der Waals surface area contributed by atoms with Crippen molar-refractivity contribution in [2.45, 2.75) is 20.3 Å². The van der Waals surface area contributed by atoms with E-state index in [0.29, 0.717) is 12.2 Å². The van der Waals surface area contributed by atoms with Gasteiger partial charge in [-0.15, -0.1) is 0 Å². The molecule has 1 aromatic heterocycles. The fourth-order valence-electron chi connectivity index (χ4n) is 1.81. The number of esters is 1. The summed E-state index contributed by atoms with van der Waals surface area (Å²) in [4.78, 5) is 23.6. The normalized spacial score (nSPS) is 10.2. The highest BCUT2D eigenvalue weighted by Gasteiger charge is 2.20. The monoisotopic (exact) mass is 287 g/mol. The van der Waals surface area contributed by atoms with E-state index < -0.39 is 5.97 Å². The van der Waals surface area contributed by atoms with E-state index in [-0.39, 0.29) is 18.1 Å². The van der Waals surface area contributed by atoms with E-state index >= 15 is 0 Å². The van der Waals surface area contributed by atoms with Crippen LogP contribution < -0.4 is 5.32 Å². The van der Waals surface area contributed by atoms with Crippen LogP contribution >= 0.6 is 0 Å². The first-order chi connectivity index (χ1) is 10.2. The minimum atomic E-state index is -0.508. The number of amides is 1. The summed E-state index contributed by atoms with van der Waals surface area (Å²) in [6, 6.07) is 9.26. The van der Waals surface area contributed by atoms with Gasteiger partial charge in [0.25, 0.3) is 0 Å². The molecular formula is C15H17N3O3. The van der Waals surface area contributed by atoms with Crippen molar-refractivity contribution in [1.82, 2.24) is 9.78 Å². The average molecular weight is 287 g/mol. The molecule has 1 N–H and O–H groups in total. The fraction of sp³-hybridized carbons (Fsp3) is 0.267. The minimum absolute atomic E-state index is 0.196. The highest BCUT2D eigenvalue weighted by atomic mass is 16.5. The third kappa shape index (κ3) is 3.28. The molecule has 0 atom stereocenters. The lowest BCUT2D eigenvalue weighted by atomic mass is 10.3. The largest absolute Gasteiger partial charge is 0.462 e. The number of carbonyl (C=O) groups excluding carboxylic acids is 2. The third-order valence-electron chi connectivity index (χ3n) is 2.84. The summed E-state index contributed by atoms with van der Waals surface area (Å²) in [5.41, 5.74) is 0.988.